The number of hydrogen-bond acceptors (Lipinski definition) is 3. The lowest BCUT2D eigenvalue weighted by Gasteiger charge is -2.19. The zero-order valence-corrected chi connectivity index (χ0v) is 9.30. The maximum atomic E-state index is 13.2. The highest BCUT2D eigenvalue weighted by Crippen LogP contribution is 2.14. The van der Waals surface area contributed by atoms with Gasteiger partial charge in [-0.15, -0.1) is 0 Å². The van der Waals surface area contributed by atoms with E-state index < -0.39 is 17.5 Å². The van der Waals surface area contributed by atoms with Crippen molar-refractivity contribution in [3.8, 4) is 0 Å². The molecule has 0 atom stereocenters. The summed E-state index contributed by atoms with van der Waals surface area (Å²) >= 11 is 0. The van der Waals surface area contributed by atoms with E-state index in [-0.39, 0.29) is 5.56 Å². The molecule has 3 nitrogen and oxygen atoms in total. The van der Waals surface area contributed by atoms with Crippen LogP contribution in [0.25, 0.3) is 0 Å². The van der Waals surface area contributed by atoms with Crippen molar-refractivity contribution in [1.82, 2.24) is 4.98 Å². The highest BCUT2D eigenvalue weighted by Gasteiger charge is 2.21. The summed E-state index contributed by atoms with van der Waals surface area (Å²) in [6.45, 7) is 6.92. The van der Waals surface area contributed by atoms with Crippen molar-refractivity contribution in [1.29, 1.82) is 0 Å². The number of ether oxygens (including phenoxy) is 1. The first-order valence-corrected chi connectivity index (χ1v) is 4.65. The first kappa shape index (κ1) is 11.6. The molecule has 0 saturated heterocycles. The number of aromatic nitrogens is 1. The van der Waals surface area contributed by atoms with Crippen molar-refractivity contribution < 1.29 is 13.9 Å². The molecule has 1 heterocycles. The van der Waals surface area contributed by atoms with E-state index in [9.17, 15) is 9.18 Å². The van der Waals surface area contributed by atoms with Crippen LogP contribution in [-0.2, 0) is 4.74 Å². The summed E-state index contributed by atoms with van der Waals surface area (Å²) in [5.74, 6) is -1.48. The molecule has 15 heavy (non-hydrogen) atoms. The van der Waals surface area contributed by atoms with Gasteiger partial charge in [0.1, 0.15) is 11.2 Å². The minimum absolute atomic E-state index is 0.120. The molecule has 1 rings (SSSR count). The van der Waals surface area contributed by atoms with Gasteiger partial charge in [0.05, 0.1) is 0 Å². The van der Waals surface area contributed by atoms with E-state index in [1.807, 2.05) is 0 Å². The monoisotopic (exact) mass is 211 g/mol. The molecule has 0 bridgehead atoms. The van der Waals surface area contributed by atoms with Crippen LogP contribution in [0.5, 0.6) is 0 Å². The lowest BCUT2D eigenvalue weighted by atomic mass is 10.1. The molecule has 0 aliphatic rings. The van der Waals surface area contributed by atoms with Crippen LogP contribution >= 0.6 is 0 Å². The number of carbonyl (C=O) groups excluding carboxylic acids is 1. The van der Waals surface area contributed by atoms with Crippen molar-refractivity contribution in [3.63, 3.8) is 0 Å². The second kappa shape index (κ2) is 3.96. The van der Waals surface area contributed by atoms with E-state index in [1.54, 1.807) is 27.7 Å². The zero-order valence-electron chi connectivity index (χ0n) is 9.30. The predicted molar refractivity (Wildman–Crippen MR) is 54.1 cm³/mol. The van der Waals surface area contributed by atoms with Gasteiger partial charge >= 0.3 is 5.97 Å². The van der Waals surface area contributed by atoms with Crippen LogP contribution in [0, 0.1) is 12.9 Å². The van der Waals surface area contributed by atoms with E-state index >= 15 is 0 Å². The third-order valence-corrected chi connectivity index (χ3v) is 1.59. The van der Waals surface area contributed by atoms with Gasteiger partial charge in [-0.1, -0.05) is 0 Å². The maximum Gasteiger partial charge on any atom is 0.343 e. The summed E-state index contributed by atoms with van der Waals surface area (Å²) in [6.07, 6.45) is 1.36. The van der Waals surface area contributed by atoms with E-state index in [2.05, 4.69) is 4.98 Å². The largest absolute Gasteiger partial charge is 0.456 e. The molecule has 0 radical (unpaired) electrons. The lowest BCUT2D eigenvalue weighted by Crippen LogP contribution is -2.24. The van der Waals surface area contributed by atoms with E-state index in [4.69, 9.17) is 4.74 Å². The quantitative estimate of drug-likeness (QED) is 0.529. The Morgan fingerprint density at radius 2 is 2.07 bits per heavy atom. The molecule has 0 amide bonds. The molecule has 0 spiro atoms. The molecular weight excluding hydrogens is 197 g/mol. The minimum atomic E-state index is -0.796. The topological polar surface area (TPSA) is 39.2 Å². The van der Waals surface area contributed by atoms with Crippen molar-refractivity contribution in [2.24, 2.45) is 0 Å². The van der Waals surface area contributed by atoms with Gasteiger partial charge in [-0.2, -0.15) is 4.39 Å². The van der Waals surface area contributed by atoms with Gasteiger partial charge in [-0.25, -0.2) is 9.78 Å². The fourth-order valence-electron chi connectivity index (χ4n) is 1.03. The number of aryl methyl sites for hydroxylation is 1. The third-order valence-electron chi connectivity index (χ3n) is 1.59. The maximum absolute atomic E-state index is 13.2. The van der Waals surface area contributed by atoms with Crippen LogP contribution in [0.15, 0.2) is 12.3 Å². The Morgan fingerprint density at radius 1 is 1.47 bits per heavy atom. The number of pyridine rings is 1. The lowest BCUT2D eigenvalue weighted by molar-refractivity contribution is 0.00636. The standard InChI is InChI=1S/C11H14FNO2/c1-7-5-8(9(12)13-6-7)10(14)15-11(2,3)4/h5-6H,1-4H3. The van der Waals surface area contributed by atoms with E-state index in [0.29, 0.717) is 0 Å². The summed E-state index contributed by atoms with van der Waals surface area (Å²) in [6, 6.07) is 1.43. The van der Waals surface area contributed by atoms with Crippen LogP contribution < -0.4 is 0 Å². The van der Waals surface area contributed by atoms with Crippen LogP contribution in [0.3, 0.4) is 0 Å². The van der Waals surface area contributed by atoms with Crippen LogP contribution in [0.1, 0.15) is 36.7 Å². The zero-order chi connectivity index (χ0) is 11.6. The Labute approximate surface area is 88.3 Å². The number of nitrogens with zero attached hydrogens (tertiary/aromatic N) is 1. The highest BCUT2D eigenvalue weighted by molar-refractivity contribution is 5.89. The van der Waals surface area contributed by atoms with Crippen molar-refractivity contribution >= 4 is 5.97 Å². The normalized spacial score (nSPS) is 11.3. The Bertz CT molecular complexity index is 383. The number of hydrogen-bond donors (Lipinski definition) is 0. The second-order valence-electron chi connectivity index (χ2n) is 4.35. The predicted octanol–water partition coefficient (Wildman–Crippen LogP) is 2.48. The average molecular weight is 211 g/mol. The number of halogens is 1. The second-order valence-corrected chi connectivity index (χ2v) is 4.35. The molecule has 4 heteroatoms. The summed E-state index contributed by atoms with van der Waals surface area (Å²) in [5.41, 5.74) is -0.0324. The van der Waals surface area contributed by atoms with E-state index in [1.165, 1.54) is 12.3 Å². The smallest absolute Gasteiger partial charge is 0.343 e. The number of carbonyl (C=O) groups is 1. The highest BCUT2D eigenvalue weighted by atomic mass is 19.1. The molecule has 0 aliphatic heterocycles. The van der Waals surface area contributed by atoms with Crippen molar-refractivity contribution in [2.45, 2.75) is 33.3 Å². The van der Waals surface area contributed by atoms with Crippen molar-refractivity contribution in [3.05, 3.63) is 29.3 Å². The summed E-state index contributed by atoms with van der Waals surface area (Å²) < 4.78 is 18.2. The minimum Gasteiger partial charge on any atom is -0.456 e. The summed E-state index contributed by atoms with van der Waals surface area (Å²) in [4.78, 5) is 15.0. The first-order valence-electron chi connectivity index (χ1n) is 4.65. The fraction of sp³-hybridized carbons (Fsp3) is 0.455. The Hall–Kier alpha value is -1.45. The molecule has 0 saturated carbocycles. The fourth-order valence-corrected chi connectivity index (χ4v) is 1.03. The average Bonchev–Trinajstić information content (AvgIpc) is 2.06. The molecule has 82 valence electrons. The molecule has 0 aromatic carbocycles. The number of esters is 1. The van der Waals surface area contributed by atoms with Gasteiger partial charge < -0.3 is 4.74 Å². The molecule has 0 N–H and O–H groups in total. The molecule has 0 aliphatic carbocycles. The molecule has 1 aromatic heterocycles. The van der Waals surface area contributed by atoms with Crippen LogP contribution in [0.4, 0.5) is 4.39 Å². The van der Waals surface area contributed by atoms with Gasteiger partial charge in [-0.05, 0) is 39.3 Å². The van der Waals surface area contributed by atoms with Crippen molar-refractivity contribution in [2.75, 3.05) is 0 Å². The number of rotatable bonds is 1. The molecule has 0 fully saturated rings. The van der Waals surface area contributed by atoms with Gasteiger partial charge in [0, 0.05) is 6.20 Å². The third kappa shape index (κ3) is 3.31. The molecule has 1 aromatic rings. The Kier molecular flexibility index (Phi) is 3.07. The van der Waals surface area contributed by atoms with Gasteiger partial charge in [0.15, 0.2) is 0 Å². The summed E-state index contributed by atoms with van der Waals surface area (Å²) in [7, 11) is 0. The summed E-state index contributed by atoms with van der Waals surface area (Å²) in [5, 5.41) is 0. The molecule has 0 unspecified atom stereocenters. The van der Waals surface area contributed by atoms with Gasteiger partial charge in [0.25, 0.3) is 0 Å². The van der Waals surface area contributed by atoms with E-state index in [0.717, 1.165) is 5.56 Å². The van der Waals surface area contributed by atoms with Gasteiger partial charge in [-0.3, -0.25) is 0 Å². The Morgan fingerprint density at radius 3 is 2.60 bits per heavy atom. The van der Waals surface area contributed by atoms with Crippen LogP contribution in [-0.4, -0.2) is 16.6 Å². The molecular formula is C11H14FNO2. The van der Waals surface area contributed by atoms with Crippen LogP contribution in [0.2, 0.25) is 0 Å². The Balaban J connectivity index is 2.96. The first-order chi connectivity index (χ1) is 6.79. The van der Waals surface area contributed by atoms with Gasteiger partial charge in [0.2, 0.25) is 5.95 Å². The SMILES string of the molecule is Cc1cnc(F)c(C(=O)OC(C)(C)C)c1.